The van der Waals surface area contributed by atoms with Gasteiger partial charge >= 0.3 is 5.97 Å². The van der Waals surface area contributed by atoms with Crippen LogP contribution in [0.15, 0.2) is 23.8 Å². The number of unbranched alkanes of at least 4 members (excludes halogenated alkanes) is 1. The van der Waals surface area contributed by atoms with Gasteiger partial charge in [-0.3, -0.25) is 0 Å². The van der Waals surface area contributed by atoms with Crippen LogP contribution in [0, 0.1) is 0 Å². The van der Waals surface area contributed by atoms with E-state index in [4.69, 9.17) is 4.74 Å². The van der Waals surface area contributed by atoms with E-state index >= 15 is 0 Å². The lowest BCUT2D eigenvalue weighted by Gasteiger charge is -2.03. The Morgan fingerprint density at radius 3 is 2.89 bits per heavy atom. The minimum atomic E-state index is -0.177. The molecule has 0 aromatic heterocycles. The largest absolute Gasteiger partial charge is 0.463 e. The third-order valence-electron chi connectivity index (χ3n) is 3.28. The van der Waals surface area contributed by atoms with Crippen molar-refractivity contribution in [2.75, 3.05) is 6.61 Å². The topological polar surface area (TPSA) is 26.3 Å². The Bertz CT molecular complexity index is 472. The Labute approximate surface area is 109 Å². The highest BCUT2D eigenvalue weighted by Gasteiger charge is 2.19. The van der Waals surface area contributed by atoms with Gasteiger partial charge in [0.2, 0.25) is 0 Å². The average Bonchev–Trinajstić information content (AvgIpc) is 2.79. The summed E-state index contributed by atoms with van der Waals surface area (Å²) < 4.78 is 5.04. The van der Waals surface area contributed by atoms with Gasteiger partial charge in [0.1, 0.15) is 0 Å². The van der Waals surface area contributed by atoms with Crippen molar-refractivity contribution in [3.8, 4) is 0 Å². The van der Waals surface area contributed by atoms with Gasteiger partial charge in [0, 0.05) is 12.0 Å². The fraction of sp³-hybridized carbons (Fsp3) is 0.438. The predicted octanol–water partition coefficient (Wildman–Crippen LogP) is 3.53. The number of hydrogen-bond acceptors (Lipinski definition) is 2. The highest BCUT2D eigenvalue weighted by molar-refractivity contribution is 5.96. The van der Waals surface area contributed by atoms with Crippen LogP contribution >= 0.6 is 0 Å². The van der Waals surface area contributed by atoms with Crippen molar-refractivity contribution in [1.82, 2.24) is 0 Å². The van der Waals surface area contributed by atoms with Crippen LogP contribution in [0.25, 0.3) is 6.08 Å². The molecular formula is C16H20O2. The zero-order valence-electron chi connectivity index (χ0n) is 11.2. The summed E-state index contributed by atoms with van der Waals surface area (Å²) >= 11 is 0. The monoisotopic (exact) mass is 244 g/mol. The van der Waals surface area contributed by atoms with Crippen LogP contribution in [0.1, 0.15) is 43.4 Å². The summed E-state index contributed by atoms with van der Waals surface area (Å²) in [5.74, 6) is -0.177. The Morgan fingerprint density at radius 1 is 1.33 bits per heavy atom. The number of aryl methyl sites for hydroxylation is 1. The highest BCUT2D eigenvalue weighted by atomic mass is 16.5. The van der Waals surface area contributed by atoms with Crippen LogP contribution in [-0.2, 0) is 22.4 Å². The van der Waals surface area contributed by atoms with Crippen molar-refractivity contribution >= 4 is 12.0 Å². The summed E-state index contributed by atoms with van der Waals surface area (Å²) in [5.41, 5.74) is 4.56. The van der Waals surface area contributed by atoms with Crippen LogP contribution in [0.2, 0.25) is 0 Å². The van der Waals surface area contributed by atoms with E-state index in [0.717, 1.165) is 12.0 Å². The number of carbonyl (C=O) groups is 1. The molecule has 0 fully saturated rings. The van der Waals surface area contributed by atoms with Crippen LogP contribution in [0.5, 0.6) is 0 Å². The molecule has 2 heteroatoms. The first kappa shape index (κ1) is 12.9. The van der Waals surface area contributed by atoms with E-state index in [1.807, 2.05) is 13.0 Å². The molecule has 0 bridgehead atoms. The van der Waals surface area contributed by atoms with Gasteiger partial charge in [-0.2, -0.15) is 0 Å². The maximum atomic E-state index is 11.7. The molecule has 0 radical (unpaired) electrons. The van der Waals surface area contributed by atoms with Crippen LogP contribution in [0.3, 0.4) is 0 Å². The summed E-state index contributed by atoms with van der Waals surface area (Å²) in [6.45, 7) is 4.48. The zero-order valence-corrected chi connectivity index (χ0v) is 11.2. The minimum Gasteiger partial charge on any atom is -0.463 e. The molecule has 0 aliphatic heterocycles. The Morgan fingerprint density at radius 2 is 2.17 bits per heavy atom. The van der Waals surface area contributed by atoms with E-state index in [1.165, 1.54) is 29.5 Å². The quantitative estimate of drug-likeness (QED) is 0.741. The molecule has 2 rings (SSSR count). The zero-order chi connectivity index (χ0) is 13.0. The number of carbonyl (C=O) groups excluding carboxylic acids is 1. The number of hydrogen-bond donors (Lipinski definition) is 0. The second kappa shape index (κ2) is 5.85. The van der Waals surface area contributed by atoms with Gasteiger partial charge in [0.05, 0.1) is 6.61 Å². The molecule has 0 amide bonds. The highest BCUT2D eigenvalue weighted by Crippen LogP contribution is 2.27. The van der Waals surface area contributed by atoms with Crippen LogP contribution in [0.4, 0.5) is 0 Å². The molecule has 0 saturated carbocycles. The molecular weight excluding hydrogens is 224 g/mol. The average molecular weight is 244 g/mol. The van der Waals surface area contributed by atoms with Gasteiger partial charge in [-0.05, 0) is 42.5 Å². The minimum absolute atomic E-state index is 0.177. The van der Waals surface area contributed by atoms with E-state index < -0.39 is 0 Å². The standard InChI is InChI=1S/C16H20O2/c1-3-5-6-12-7-8-13-10-15(11-14(13)9-12)16(17)18-4-2/h7-9,11H,3-6,10H2,1-2H3. The third-order valence-corrected chi connectivity index (χ3v) is 3.28. The fourth-order valence-electron chi connectivity index (χ4n) is 2.27. The first-order chi connectivity index (χ1) is 8.74. The molecule has 18 heavy (non-hydrogen) atoms. The Hall–Kier alpha value is -1.57. The van der Waals surface area contributed by atoms with E-state index in [2.05, 4.69) is 25.1 Å². The molecule has 0 unspecified atom stereocenters. The molecule has 0 heterocycles. The van der Waals surface area contributed by atoms with Gasteiger partial charge < -0.3 is 4.74 Å². The van der Waals surface area contributed by atoms with Crippen molar-refractivity contribution < 1.29 is 9.53 Å². The van der Waals surface area contributed by atoms with Gasteiger partial charge in [-0.25, -0.2) is 4.79 Å². The maximum Gasteiger partial charge on any atom is 0.334 e. The number of benzene rings is 1. The lowest BCUT2D eigenvalue weighted by Crippen LogP contribution is -2.07. The Kier molecular flexibility index (Phi) is 4.19. The molecule has 1 aromatic carbocycles. The van der Waals surface area contributed by atoms with Crippen molar-refractivity contribution in [2.24, 2.45) is 0 Å². The molecule has 1 aromatic rings. The normalized spacial score (nSPS) is 13.1. The van der Waals surface area contributed by atoms with Crippen molar-refractivity contribution in [3.05, 3.63) is 40.5 Å². The molecule has 2 nitrogen and oxygen atoms in total. The third kappa shape index (κ3) is 2.81. The number of rotatable bonds is 5. The Balaban J connectivity index is 2.12. The lowest BCUT2D eigenvalue weighted by atomic mass is 10.0. The molecule has 1 aliphatic carbocycles. The SMILES string of the molecule is CCCCc1ccc2c(c1)C=C(C(=O)OCC)C2. The predicted molar refractivity (Wildman–Crippen MR) is 73.4 cm³/mol. The molecule has 0 N–H and O–H groups in total. The first-order valence-corrected chi connectivity index (χ1v) is 6.74. The second-order valence-electron chi connectivity index (χ2n) is 4.70. The molecule has 1 aliphatic rings. The summed E-state index contributed by atoms with van der Waals surface area (Å²) in [6, 6.07) is 6.52. The van der Waals surface area contributed by atoms with Crippen molar-refractivity contribution in [3.63, 3.8) is 0 Å². The van der Waals surface area contributed by atoms with Crippen LogP contribution < -0.4 is 0 Å². The van der Waals surface area contributed by atoms with Crippen molar-refractivity contribution in [2.45, 2.75) is 39.5 Å². The van der Waals surface area contributed by atoms with Crippen LogP contribution in [-0.4, -0.2) is 12.6 Å². The first-order valence-electron chi connectivity index (χ1n) is 6.74. The van der Waals surface area contributed by atoms with Gasteiger partial charge in [-0.15, -0.1) is 0 Å². The second-order valence-corrected chi connectivity index (χ2v) is 4.70. The summed E-state index contributed by atoms with van der Waals surface area (Å²) in [7, 11) is 0. The summed E-state index contributed by atoms with van der Waals surface area (Å²) in [6.07, 6.45) is 6.23. The van der Waals surface area contributed by atoms with E-state index in [1.54, 1.807) is 0 Å². The smallest absolute Gasteiger partial charge is 0.334 e. The molecule has 0 atom stereocenters. The van der Waals surface area contributed by atoms with Gasteiger partial charge in [-0.1, -0.05) is 31.5 Å². The van der Waals surface area contributed by atoms with E-state index in [0.29, 0.717) is 13.0 Å². The molecule has 0 saturated heterocycles. The molecule has 96 valence electrons. The van der Waals surface area contributed by atoms with E-state index in [9.17, 15) is 4.79 Å². The number of fused-ring (bicyclic) bond motifs is 1. The maximum absolute atomic E-state index is 11.7. The number of ether oxygens (including phenoxy) is 1. The van der Waals surface area contributed by atoms with E-state index in [-0.39, 0.29) is 5.97 Å². The van der Waals surface area contributed by atoms with Gasteiger partial charge in [0.15, 0.2) is 0 Å². The summed E-state index contributed by atoms with van der Waals surface area (Å²) in [4.78, 5) is 11.7. The fourth-order valence-corrected chi connectivity index (χ4v) is 2.27. The summed E-state index contributed by atoms with van der Waals surface area (Å²) in [5, 5.41) is 0. The lowest BCUT2D eigenvalue weighted by molar-refractivity contribution is -0.138. The number of esters is 1. The molecule has 0 spiro atoms. The van der Waals surface area contributed by atoms with Crippen molar-refractivity contribution in [1.29, 1.82) is 0 Å². The van der Waals surface area contributed by atoms with Gasteiger partial charge in [0.25, 0.3) is 0 Å².